The van der Waals surface area contributed by atoms with Crippen LogP contribution in [0, 0.1) is 12.3 Å². The second kappa shape index (κ2) is 6.28. The number of nitrogens with two attached hydrogens (primary N) is 1. The predicted octanol–water partition coefficient (Wildman–Crippen LogP) is 2.62. The van der Waals surface area contributed by atoms with Crippen LogP contribution in [-0.4, -0.2) is 28.0 Å². The quantitative estimate of drug-likeness (QED) is 0.661. The van der Waals surface area contributed by atoms with E-state index in [1.165, 1.54) is 58.0 Å². The molecule has 21 heavy (non-hydrogen) atoms. The van der Waals surface area contributed by atoms with Gasteiger partial charge in [0.25, 0.3) is 0 Å². The fourth-order valence-corrected chi connectivity index (χ4v) is 3.96. The molecule has 1 aromatic rings. The second-order valence-electron chi connectivity index (χ2n) is 6.79. The number of anilines is 1. The van der Waals surface area contributed by atoms with Crippen LogP contribution in [-0.2, 0) is 6.54 Å². The third-order valence-corrected chi connectivity index (χ3v) is 5.24. The molecular formula is C16H27N5. The van der Waals surface area contributed by atoms with Gasteiger partial charge in [-0.3, -0.25) is 4.90 Å². The Labute approximate surface area is 127 Å². The molecule has 1 aromatic heterocycles. The zero-order valence-electron chi connectivity index (χ0n) is 13.1. The van der Waals surface area contributed by atoms with E-state index in [-0.39, 0.29) is 0 Å². The highest BCUT2D eigenvalue weighted by atomic mass is 15.3. The van der Waals surface area contributed by atoms with Crippen molar-refractivity contribution in [1.29, 1.82) is 0 Å². The number of aromatic nitrogens is 2. The van der Waals surface area contributed by atoms with Crippen LogP contribution in [0.15, 0.2) is 6.07 Å². The number of hydrazine groups is 1. The van der Waals surface area contributed by atoms with Gasteiger partial charge in [0, 0.05) is 11.8 Å². The number of piperidine rings is 1. The van der Waals surface area contributed by atoms with Gasteiger partial charge >= 0.3 is 0 Å². The van der Waals surface area contributed by atoms with Crippen molar-refractivity contribution in [3.63, 3.8) is 0 Å². The van der Waals surface area contributed by atoms with Crippen molar-refractivity contribution in [2.45, 2.75) is 58.4 Å². The van der Waals surface area contributed by atoms with Gasteiger partial charge in [-0.1, -0.05) is 19.3 Å². The van der Waals surface area contributed by atoms with Gasteiger partial charge in [-0.2, -0.15) is 0 Å². The molecule has 1 aliphatic heterocycles. The highest BCUT2D eigenvalue weighted by molar-refractivity contribution is 5.33. The summed E-state index contributed by atoms with van der Waals surface area (Å²) in [6, 6.07) is 1.87. The zero-order valence-corrected chi connectivity index (χ0v) is 13.1. The van der Waals surface area contributed by atoms with Crippen LogP contribution in [0.3, 0.4) is 0 Å². The highest BCUT2D eigenvalue weighted by Crippen LogP contribution is 2.44. The van der Waals surface area contributed by atoms with Crippen LogP contribution < -0.4 is 11.3 Å². The summed E-state index contributed by atoms with van der Waals surface area (Å²) in [7, 11) is 0. The van der Waals surface area contributed by atoms with Gasteiger partial charge in [-0.15, -0.1) is 0 Å². The van der Waals surface area contributed by atoms with Crippen molar-refractivity contribution in [1.82, 2.24) is 14.9 Å². The summed E-state index contributed by atoms with van der Waals surface area (Å²) < 4.78 is 0. The van der Waals surface area contributed by atoms with Gasteiger partial charge in [0.15, 0.2) is 0 Å². The van der Waals surface area contributed by atoms with Gasteiger partial charge in [-0.05, 0) is 51.1 Å². The summed E-state index contributed by atoms with van der Waals surface area (Å²) in [5.41, 5.74) is 4.25. The summed E-state index contributed by atoms with van der Waals surface area (Å²) in [5.74, 6) is 7.04. The van der Waals surface area contributed by atoms with E-state index >= 15 is 0 Å². The number of hydrogen-bond donors (Lipinski definition) is 2. The Bertz CT molecular complexity index is 472. The molecule has 2 fully saturated rings. The molecule has 1 saturated carbocycles. The van der Waals surface area contributed by atoms with Crippen LogP contribution >= 0.6 is 0 Å². The molecule has 5 nitrogen and oxygen atoms in total. The summed E-state index contributed by atoms with van der Waals surface area (Å²) in [4.78, 5) is 11.5. The number of aryl methyl sites for hydroxylation is 1. The maximum atomic E-state index is 5.46. The molecule has 1 spiro atoms. The average Bonchev–Trinajstić information content (AvgIpc) is 2.50. The molecule has 2 aliphatic rings. The number of nitrogens with zero attached hydrogens (tertiary/aromatic N) is 3. The van der Waals surface area contributed by atoms with Crippen molar-refractivity contribution in [2.24, 2.45) is 11.3 Å². The standard InChI is InChI=1S/C16H27N5/c1-13-11-14(20-17)19-15(18-13)12-21-9-7-16(8-10-21)5-3-2-4-6-16/h11H,2-10,12,17H2,1H3,(H,18,19,20). The molecule has 3 rings (SSSR count). The van der Waals surface area contributed by atoms with Crippen molar-refractivity contribution < 1.29 is 0 Å². The molecule has 0 aromatic carbocycles. The Balaban J connectivity index is 1.59. The minimum Gasteiger partial charge on any atom is -0.308 e. The highest BCUT2D eigenvalue weighted by Gasteiger charge is 2.35. The molecule has 0 radical (unpaired) electrons. The van der Waals surface area contributed by atoms with E-state index in [1.54, 1.807) is 0 Å². The van der Waals surface area contributed by atoms with E-state index in [2.05, 4.69) is 20.3 Å². The third-order valence-electron chi connectivity index (χ3n) is 5.24. The Morgan fingerprint density at radius 1 is 1.14 bits per heavy atom. The van der Waals surface area contributed by atoms with Crippen molar-refractivity contribution >= 4 is 5.82 Å². The first-order valence-electron chi connectivity index (χ1n) is 8.23. The van der Waals surface area contributed by atoms with E-state index < -0.39 is 0 Å². The van der Waals surface area contributed by atoms with Crippen LogP contribution in [0.4, 0.5) is 5.82 Å². The minimum absolute atomic E-state index is 0.659. The molecule has 0 atom stereocenters. The first-order chi connectivity index (χ1) is 10.2. The maximum Gasteiger partial charge on any atom is 0.145 e. The van der Waals surface area contributed by atoms with E-state index in [9.17, 15) is 0 Å². The molecule has 2 heterocycles. The fraction of sp³-hybridized carbons (Fsp3) is 0.750. The van der Waals surface area contributed by atoms with Crippen LogP contribution in [0.5, 0.6) is 0 Å². The number of nitrogens with one attached hydrogen (secondary N) is 1. The molecule has 1 saturated heterocycles. The molecule has 1 aliphatic carbocycles. The van der Waals surface area contributed by atoms with Gasteiger partial charge in [-0.25, -0.2) is 15.8 Å². The Morgan fingerprint density at radius 3 is 2.52 bits per heavy atom. The predicted molar refractivity (Wildman–Crippen MR) is 84.6 cm³/mol. The van der Waals surface area contributed by atoms with E-state index in [0.29, 0.717) is 11.2 Å². The molecule has 116 valence electrons. The van der Waals surface area contributed by atoms with Crippen LogP contribution in [0.1, 0.15) is 56.5 Å². The summed E-state index contributed by atoms with van der Waals surface area (Å²) in [5, 5.41) is 0. The monoisotopic (exact) mass is 289 g/mol. The normalized spacial score (nSPS) is 22.4. The van der Waals surface area contributed by atoms with Crippen molar-refractivity contribution in [3.05, 3.63) is 17.6 Å². The number of nitrogen functional groups attached to an aromatic ring is 1. The third kappa shape index (κ3) is 3.52. The van der Waals surface area contributed by atoms with Gasteiger partial charge in [0.1, 0.15) is 11.6 Å². The lowest BCUT2D eigenvalue weighted by Gasteiger charge is -2.44. The second-order valence-corrected chi connectivity index (χ2v) is 6.79. The van der Waals surface area contributed by atoms with Gasteiger partial charge < -0.3 is 5.43 Å². The SMILES string of the molecule is Cc1cc(NN)nc(CN2CCC3(CCCCC3)CC2)n1. The summed E-state index contributed by atoms with van der Waals surface area (Å²) in [6.07, 6.45) is 9.91. The smallest absolute Gasteiger partial charge is 0.145 e. The Kier molecular flexibility index (Phi) is 4.40. The lowest BCUT2D eigenvalue weighted by atomic mass is 9.68. The van der Waals surface area contributed by atoms with Gasteiger partial charge in [0.05, 0.1) is 6.54 Å². The topological polar surface area (TPSA) is 67.1 Å². The lowest BCUT2D eigenvalue weighted by Crippen LogP contribution is -2.41. The van der Waals surface area contributed by atoms with E-state index in [1.807, 2.05) is 13.0 Å². The molecule has 5 heteroatoms. The van der Waals surface area contributed by atoms with Crippen molar-refractivity contribution in [3.8, 4) is 0 Å². The summed E-state index contributed by atoms with van der Waals surface area (Å²) in [6.45, 7) is 5.19. The molecule has 0 bridgehead atoms. The summed E-state index contributed by atoms with van der Waals surface area (Å²) >= 11 is 0. The Morgan fingerprint density at radius 2 is 1.86 bits per heavy atom. The van der Waals surface area contributed by atoms with Gasteiger partial charge in [0.2, 0.25) is 0 Å². The number of likely N-dealkylation sites (tertiary alicyclic amines) is 1. The molecule has 0 amide bonds. The first kappa shape index (κ1) is 14.7. The van der Waals surface area contributed by atoms with E-state index in [4.69, 9.17) is 5.84 Å². The number of hydrogen-bond acceptors (Lipinski definition) is 5. The largest absolute Gasteiger partial charge is 0.308 e. The van der Waals surface area contributed by atoms with Crippen molar-refractivity contribution in [2.75, 3.05) is 18.5 Å². The lowest BCUT2D eigenvalue weighted by molar-refractivity contribution is 0.0629. The van der Waals surface area contributed by atoms with Crippen LogP contribution in [0.2, 0.25) is 0 Å². The minimum atomic E-state index is 0.659. The van der Waals surface area contributed by atoms with E-state index in [0.717, 1.165) is 18.1 Å². The molecule has 0 unspecified atom stereocenters. The fourth-order valence-electron chi connectivity index (χ4n) is 3.96. The zero-order chi connectivity index (χ0) is 14.7. The van der Waals surface area contributed by atoms with Crippen LogP contribution in [0.25, 0.3) is 0 Å². The number of rotatable bonds is 3. The molecular weight excluding hydrogens is 262 g/mol. The Hall–Kier alpha value is -1.20. The molecule has 3 N–H and O–H groups in total. The average molecular weight is 289 g/mol. The maximum absolute atomic E-state index is 5.46. The first-order valence-corrected chi connectivity index (χ1v) is 8.23.